The molecule has 0 radical (unpaired) electrons. The molecule has 30 heavy (non-hydrogen) atoms. The van der Waals surface area contributed by atoms with Gasteiger partial charge in [0.25, 0.3) is 0 Å². The van der Waals surface area contributed by atoms with Gasteiger partial charge in [-0.05, 0) is 18.8 Å². The molecule has 1 aliphatic heterocycles. The number of methoxy groups -OCH3 is 2. The summed E-state index contributed by atoms with van der Waals surface area (Å²) in [5, 5.41) is 0. The fourth-order valence-corrected chi connectivity index (χ4v) is 4.59. The zero-order valence-electron chi connectivity index (χ0n) is 19.7. The topological polar surface area (TPSA) is 102 Å². The van der Waals surface area contributed by atoms with Crippen molar-refractivity contribution in [2.24, 2.45) is 17.6 Å². The summed E-state index contributed by atoms with van der Waals surface area (Å²) in [4.78, 5) is 40.9. The normalized spacial score (nSPS) is 21.6. The quantitative estimate of drug-likeness (QED) is 0.512. The number of hydrogen-bond acceptors (Lipinski definition) is 5. The van der Waals surface area contributed by atoms with Gasteiger partial charge in [-0.25, -0.2) is 0 Å². The highest BCUT2D eigenvalue weighted by atomic mass is 16.5. The van der Waals surface area contributed by atoms with E-state index in [1.165, 1.54) is 0 Å². The summed E-state index contributed by atoms with van der Waals surface area (Å²) < 4.78 is 11.3. The van der Waals surface area contributed by atoms with E-state index in [9.17, 15) is 14.4 Å². The lowest BCUT2D eigenvalue weighted by molar-refractivity contribution is -0.145. The number of likely N-dealkylation sites (tertiary alicyclic amines) is 1. The first-order valence-electron chi connectivity index (χ1n) is 11.0. The Morgan fingerprint density at radius 3 is 2.27 bits per heavy atom. The Morgan fingerprint density at radius 1 is 1.17 bits per heavy atom. The second kappa shape index (κ2) is 12.2. The fourth-order valence-electron chi connectivity index (χ4n) is 4.59. The summed E-state index contributed by atoms with van der Waals surface area (Å²) in [7, 11) is 4.92. The second-order valence-electron chi connectivity index (χ2n) is 8.40. The molecule has 1 saturated heterocycles. The third-order valence-corrected chi connectivity index (χ3v) is 6.64. The van der Waals surface area contributed by atoms with Crippen LogP contribution in [0.25, 0.3) is 0 Å². The van der Waals surface area contributed by atoms with Crippen LogP contribution in [0.5, 0.6) is 0 Å². The predicted octanol–water partition coefficient (Wildman–Crippen LogP) is 1.80. The van der Waals surface area contributed by atoms with Crippen LogP contribution in [0.4, 0.5) is 0 Å². The maximum atomic E-state index is 13.3. The highest BCUT2D eigenvalue weighted by molar-refractivity contribution is 5.79. The number of primary amides is 1. The number of ether oxygens (including phenoxy) is 2. The molecular weight excluding hydrogens is 386 g/mol. The van der Waals surface area contributed by atoms with Crippen LogP contribution in [0.2, 0.25) is 0 Å². The molecule has 0 spiro atoms. The van der Waals surface area contributed by atoms with Crippen LogP contribution in [0.1, 0.15) is 59.8 Å². The van der Waals surface area contributed by atoms with Gasteiger partial charge in [0.2, 0.25) is 17.7 Å². The highest BCUT2D eigenvalue weighted by Crippen LogP contribution is 2.29. The lowest BCUT2D eigenvalue weighted by Gasteiger charge is -2.39. The van der Waals surface area contributed by atoms with E-state index < -0.39 is 24.0 Å². The van der Waals surface area contributed by atoms with Crippen molar-refractivity contribution < 1.29 is 23.9 Å². The molecule has 2 N–H and O–H groups in total. The van der Waals surface area contributed by atoms with Gasteiger partial charge in [-0.15, -0.1) is 0 Å². The molecule has 1 rings (SSSR count). The van der Waals surface area contributed by atoms with E-state index in [1.54, 1.807) is 38.0 Å². The summed E-state index contributed by atoms with van der Waals surface area (Å²) >= 11 is 0. The van der Waals surface area contributed by atoms with Crippen molar-refractivity contribution in [1.82, 2.24) is 9.80 Å². The number of hydrogen-bond donors (Lipinski definition) is 1. The van der Waals surface area contributed by atoms with Gasteiger partial charge in [0.1, 0.15) is 0 Å². The maximum absolute atomic E-state index is 13.3. The van der Waals surface area contributed by atoms with Crippen LogP contribution in [-0.2, 0) is 23.9 Å². The number of carbonyl (C=O) groups is 3. The summed E-state index contributed by atoms with van der Waals surface area (Å²) in [6.07, 6.45) is 2.21. The van der Waals surface area contributed by atoms with Crippen LogP contribution in [0.3, 0.4) is 0 Å². The summed E-state index contributed by atoms with van der Waals surface area (Å²) in [6, 6.07) is -0.389. The molecule has 1 heterocycles. The second-order valence-corrected chi connectivity index (χ2v) is 8.40. The van der Waals surface area contributed by atoms with E-state index in [2.05, 4.69) is 13.8 Å². The molecule has 6 unspecified atom stereocenters. The Hall–Kier alpha value is -1.67. The average Bonchev–Trinajstić information content (AvgIpc) is 3.21. The van der Waals surface area contributed by atoms with E-state index in [0.29, 0.717) is 13.0 Å². The van der Waals surface area contributed by atoms with E-state index in [1.807, 2.05) is 6.92 Å². The Labute approximate surface area is 181 Å². The smallest absolute Gasteiger partial charge is 0.225 e. The fraction of sp³-hybridized carbons (Fsp3) is 0.864. The first kappa shape index (κ1) is 26.4. The molecule has 1 fully saturated rings. The molecule has 0 aromatic carbocycles. The van der Waals surface area contributed by atoms with Gasteiger partial charge < -0.3 is 25.0 Å². The molecule has 8 heteroatoms. The number of rotatable bonds is 12. The van der Waals surface area contributed by atoms with Gasteiger partial charge >= 0.3 is 0 Å². The van der Waals surface area contributed by atoms with Gasteiger partial charge in [-0.2, -0.15) is 0 Å². The van der Waals surface area contributed by atoms with Crippen molar-refractivity contribution in [3.05, 3.63) is 0 Å². The molecule has 0 bridgehead atoms. The molecule has 0 aromatic rings. The van der Waals surface area contributed by atoms with Gasteiger partial charge in [-0.1, -0.05) is 34.1 Å². The molecule has 3 amide bonds. The van der Waals surface area contributed by atoms with Crippen LogP contribution in [-0.4, -0.2) is 79.6 Å². The minimum Gasteiger partial charge on any atom is -0.379 e. The molecule has 6 atom stereocenters. The Morgan fingerprint density at radius 2 is 1.80 bits per heavy atom. The first-order valence-corrected chi connectivity index (χ1v) is 11.0. The molecule has 174 valence electrons. The molecule has 0 saturated carbocycles. The van der Waals surface area contributed by atoms with Crippen molar-refractivity contribution in [3.8, 4) is 0 Å². The van der Waals surface area contributed by atoms with Gasteiger partial charge in [-0.3, -0.25) is 14.4 Å². The van der Waals surface area contributed by atoms with Crippen LogP contribution in [0, 0.1) is 11.8 Å². The molecule has 0 aromatic heterocycles. The highest BCUT2D eigenvalue weighted by Gasteiger charge is 2.41. The SMILES string of the molecule is CCC(=O)N(C)C(C(C)CC)C(CC(=O)N1CCCC1C(OC)C(C)C(N)=O)OC. The molecule has 0 aliphatic carbocycles. The lowest BCUT2D eigenvalue weighted by atomic mass is 9.90. The third kappa shape index (κ3) is 6.17. The van der Waals surface area contributed by atoms with Crippen molar-refractivity contribution in [3.63, 3.8) is 0 Å². The molecule has 1 aliphatic rings. The predicted molar refractivity (Wildman–Crippen MR) is 116 cm³/mol. The van der Waals surface area contributed by atoms with E-state index in [-0.39, 0.29) is 36.2 Å². The largest absolute Gasteiger partial charge is 0.379 e. The van der Waals surface area contributed by atoms with E-state index in [0.717, 1.165) is 19.3 Å². The minimum absolute atomic E-state index is 0.0311. The Kier molecular flexibility index (Phi) is 10.8. The monoisotopic (exact) mass is 427 g/mol. The zero-order chi connectivity index (χ0) is 23.0. The number of likely N-dealkylation sites (N-methyl/N-ethyl adjacent to an activating group) is 1. The molecular formula is C22H41N3O5. The minimum atomic E-state index is -0.493. The van der Waals surface area contributed by atoms with Crippen molar-refractivity contribution in [1.29, 1.82) is 0 Å². The Bertz CT molecular complexity index is 585. The summed E-state index contributed by atoms with van der Waals surface area (Å²) in [5.41, 5.74) is 5.49. The van der Waals surface area contributed by atoms with Gasteiger partial charge in [0.05, 0.1) is 36.6 Å². The Balaban J connectivity index is 3.04. The number of carbonyl (C=O) groups excluding carboxylic acids is 3. The van der Waals surface area contributed by atoms with Crippen LogP contribution < -0.4 is 5.73 Å². The first-order chi connectivity index (χ1) is 14.1. The standard InChI is InChI=1S/C22H41N3O5/c1-8-14(3)20(24(5)18(26)9-2)17(29-6)13-19(27)25-12-10-11-16(25)21(30-7)15(4)22(23)28/h14-17,20-21H,8-13H2,1-7H3,(H2,23,28). The van der Waals surface area contributed by atoms with Crippen molar-refractivity contribution in [2.45, 2.75) is 84.1 Å². The zero-order valence-corrected chi connectivity index (χ0v) is 19.7. The lowest BCUT2D eigenvalue weighted by Crippen LogP contribution is -2.53. The number of amides is 3. The maximum Gasteiger partial charge on any atom is 0.225 e. The number of nitrogens with two attached hydrogens (primary N) is 1. The van der Waals surface area contributed by atoms with Crippen molar-refractivity contribution in [2.75, 3.05) is 27.8 Å². The average molecular weight is 428 g/mol. The van der Waals surface area contributed by atoms with Crippen LogP contribution in [0.15, 0.2) is 0 Å². The van der Waals surface area contributed by atoms with Crippen molar-refractivity contribution >= 4 is 17.7 Å². The number of nitrogens with zero attached hydrogens (tertiary/aromatic N) is 2. The van der Waals surface area contributed by atoms with E-state index >= 15 is 0 Å². The molecule has 8 nitrogen and oxygen atoms in total. The van der Waals surface area contributed by atoms with Crippen LogP contribution >= 0.6 is 0 Å². The summed E-state index contributed by atoms with van der Waals surface area (Å²) in [5.74, 6) is -0.767. The van der Waals surface area contributed by atoms with Gasteiger partial charge in [0.15, 0.2) is 0 Å². The van der Waals surface area contributed by atoms with Gasteiger partial charge in [0, 0.05) is 34.2 Å². The summed E-state index contributed by atoms with van der Waals surface area (Å²) in [6.45, 7) is 8.33. The third-order valence-electron chi connectivity index (χ3n) is 6.64. The van der Waals surface area contributed by atoms with E-state index in [4.69, 9.17) is 15.2 Å².